The topological polar surface area (TPSA) is 119 Å². The van der Waals surface area contributed by atoms with E-state index in [-0.39, 0.29) is 0 Å². The number of allylic oxidation sites excluding steroid dienone is 2. The second kappa shape index (κ2) is 10.9. The maximum atomic E-state index is 11.5. The number of hydrogen-bond acceptors (Lipinski definition) is 6. The number of nitrogens with one attached hydrogen (secondary N) is 1. The quantitative estimate of drug-likeness (QED) is 0.289. The van der Waals surface area contributed by atoms with Crippen LogP contribution in [0.4, 0.5) is 5.69 Å². The summed E-state index contributed by atoms with van der Waals surface area (Å²) in [5.74, 6) is 0.330. The van der Waals surface area contributed by atoms with Crippen LogP contribution in [0, 0.1) is 0 Å². The lowest BCUT2D eigenvalue weighted by Crippen LogP contribution is -2.10. The van der Waals surface area contributed by atoms with Crippen LogP contribution in [-0.2, 0) is 32.3 Å². The molecule has 8 nitrogen and oxygen atoms in total. The minimum Gasteiger partial charge on any atom is -0.496 e. The van der Waals surface area contributed by atoms with Crippen LogP contribution < -0.4 is 14.2 Å². The molecule has 2 N–H and O–H groups in total. The van der Waals surface area contributed by atoms with Crippen molar-refractivity contribution in [3.8, 4) is 11.5 Å². The normalized spacial score (nSPS) is 11.9. The van der Waals surface area contributed by atoms with Crippen LogP contribution in [0.2, 0.25) is 0 Å². The molecule has 0 aliphatic rings. The Kier molecular flexibility index (Phi) is 8.70. The lowest BCUT2D eigenvalue weighted by molar-refractivity contribution is 0.410. The van der Waals surface area contributed by atoms with E-state index in [1.165, 1.54) is 14.2 Å². The fourth-order valence-electron chi connectivity index (χ4n) is 3.16. The molecule has 2 aromatic carbocycles. The van der Waals surface area contributed by atoms with Crippen molar-refractivity contribution < 1.29 is 30.9 Å². The van der Waals surface area contributed by atoms with Gasteiger partial charge in [-0.1, -0.05) is 35.9 Å². The monoisotopic (exact) mass is 495 g/mol. The highest BCUT2D eigenvalue weighted by Gasteiger charge is 2.14. The van der Waals surface area contributed by atoms with Gasteiger partial charge in [-0.2, -0.15) is 8.42 Å². The highest BCUT2D eigenvalue weighted by molar-refractivity contribution is 7.92. The minimum absolute atomic E-state index is 0.318. The van der Waals surface area contributed by atoms with Crippen LogP contribution >= 0.6 is 0 Å². The molecule has 0 aromatic heterocycles. The highest BCUT2D eigenvalue weighted by atomic mass is 32.2. The maximum absolute atomic E-state index is 11.5. The van der Waals surface area contributed by atoms with Gasteiger partial charge < -0.3 is 9.47 Å². The molecule has 0 aliphatic carbocycles. The Hall–Kier alpha value is -2.82. The standard InChI is InChI=1S/C23H29NO7S2/c1-16(2)6-10-20-19(12-18(14-22(20)30-3)15-33(27,28)29)9-7-17-8-11-21(23(13-17)31-4)24-32(5,25)26/h6-9,11-14,24H,10,15H2,1-5H3,(H,27,28,29)/b9-7-. The molecule has 0 saturated heterocycles. The summed E-state index contributed by atoms with van der Waals surface area (Å²) in [6.07, 6.45) is 7.26. The predicted molar refractivity (Wildman–Crippen MR) is 132 cm³/mol. The number of rotatable bonds is 10. The molecule has 0 bridgehead atoms. The van der Waals surface area contributed by atoms with E-state index < -0.39 is 25.9 Å². The van der Waals surface area contributed by atoms with Crippen molar-refractivity contribution in [3.05, 3.63) is 64.2 Å². The Morgan fingerprint density at radius 2 is 1.67 bits per heavy atom. The van der Waals surface area contributed by atoms with E-state index in [1.807, 2.05) is 26.0 Å². The third kappa shape index (κ3) is 8.56. The molecule has 0 saturated carbocycles. The number of benzene rings is 2. The molecule has 180 valence electrons. The van der Waals surface area contributed by atoms with Gasteiger partial charge in [0.25, 0.3) is 10.1 Å². The summed E-state index contributed by atoms with van der Waals surface area (Å²) in [5, 5.41) is 0. The first-order valence-corrected chi connectivity index (χ1v) is 13.4. The Balaban J connectivity index is 2.54. The summed E-state index contributed by atoms with van der Waals surface area (Å²) in [7, 11) is -4.73. The van der Waals surface area contributed by atoms with Crippen molar-refractivity contribution in [2.45, 2.75) is 26.0 Å². The molecule has 0 atom stereocenters. The van der Waals surface area contributed by atoms with Crippen molar-refractivity contribution in [1.29, 1.82) is 0 Å². The van der Waals surface area contributed by atoms with E-state index in [0.29, 0.717) is 29.2 Å². The predicted octanol–water partition coefficient (Wildman–Crippen LogP) is 4.14. The lowest BCUT2D eigenvalue weighted by atomic mass is 9.98. The fraction of sp³-hybridized carbons (Fsp3) is 0.304. The Labute approximate surface area is 195 Å². The van der Waals surface area contributed by atoms with Gasteiger partial charge >= 0.3 is 0 Å². The second-order valence-electron chi connectivity index (χ2n) is 7.74. The summed E-state index contributed by atoms with van der Waals surface area (Å²) in [4.78, 5) is 0. The molecular weight excluding hydrogens is 466 g/mol. The van der Waals surface area contributed by atoms with Gasteiger partial charge in [0.1, 0.15) is 17.3 Å². The highest BCUT2D eigenvalue weighted by Crippen LogP contribution is 2.30. The van der Waals surface area contributed by atoms with Crippen LogP contribution in [0.1, 0.15) is 36.1 Å². The van der Waals surface area contributed by atoms with Crippen molar-refractivity contribution >= 4 is 38.0 Å². The smallest absolute Gasteiger partial charge is 0.269 e. The van der Waals surface area contributed by atoms with Crippen molar-refractivity contribution in [2.75, 3.05) is 25.2 Å². The van der Waals surface area contributed by atoms with Gasteiger partial charge in [0, 0.05) is 5.56 Å². The summed E-state index contributed by atoms with van der Waals surface area (Å²) in [5.41, 5.74) is 4.14. The van der Waals surface area contributed by atoms with Gasteiger partial charge in [-0.25, -0.2) is 8.42 Å². The third-order valence-corrected chi connectivity index (χ3v) is 5.85. The zero-order valence-corrected chi connectivity index (χ0v) is 20.9. The summed E-state index contributed by atoms with van der Waals surface area (Å²) >= 11 is 0. The van der Waals surface area contributed by atoms with E-state index in [9.17, 15) is 21.4 Å². The first-order valence-electron chi connectivity index (χ1n) is 9.93. The van der Waals surface area contributed by atoms with Crippen LogP contribution in [-0.4, -0.2) is 41.9 Å². The van der Waals surface area contributed by atoms with Crippen molar-refractivity contribution in [2.24, 2.45) is 0 Å². The lowest BCUT2D eigenvalue weighted by Gasteiger charge is -2.14. The first-order chi connectivity index (χ1) is 15.3. The van der Waals surface area contributed by atoms with Crippen molar-refractivity contribution in [3.63, 3.8) is 0 Å². The summed E-state index contributed by atoms with van der Waals surface area (Å²) < 4.78 is 68.4. The number of methoxy groups -OCH3 is 2. The number of ether oxygens (including phenoxy) is 2. The van der Waals surface area contributed by atoms with Crippen LogP contribution in [0.15, 0.2) is 42.0 Å². The average molecular weight is 496 g/mol. The number of anilines is 1. The molecule has 0 unspecified atom stereocenters. The molecule has 2 aromatic rings. The largest absolute Gasteiger partial charge is 0.496 e. The SMILES string of the molecule is COc1cc(/C=C\c2cc(CS(=O)(=O)O)cc(OC)c2CC=C(C)C)ccc1NS(C)(=O)=O. The van der Waals surface area contributed by atoms with Crippen LogP contribution in [0.25, 0.3) is 12.2 Å². The van der Waals surface area contributed by atoms with Crippen molar-refractivity contribution in [1.82, 2.24) is 0 Å². The molecule has 0 amide bonds. The molecule has 0 radical (unpaired) electrons. The molecule has 0 fully saturated rings. The molecule has 0 heterocycles. The van der Waals surface area contributed by atoms with Crippen LogP contribution in [0.3, 0.4) is 0 Å². The Bertz CT molecular complexity index is 1270. The van der Waals surface area contributed by atoms with E-state index >= 15 is 0 Å². The molecule has 0 spiro atoms. The van der Waals surface area contributed by atoms with Gasteiger partial charge in [-0.3, -0.25) is 9.27 Å². The number of sulfonamides is 1. The molecule has 33 heavy (non-hydrogen) atoms. The minimum atomic E-state index is -4.22. The van der Waals surface area contributed by atoms with Crippen LogP contribution in [0.5, 0.6) is 11.5 Å². The molecule has 0 aliphatic heterocycles. The third-order valence-electron chi connectivity index (χ3n) is 4.56. The number of hydrogen-bond donors (Lipinski definition) is 2. The Morgan fingerprint density at radius 3 is 2.21 bits per heavy atom. The Morgan fingerprint density at radius 1 is 1.00 bits per heavy atom. The van der Waals surface area contributed by atoms with Gasteiger partial charge in [0.2, 0.25) is 10.0 Å². The van der Waals surface area contributed by atoms with E-state index in [0.717, 1.165) is 28.5 Å². The zero-order valence-electron chi connectivity index (χ0n) is 19.2. The maximum Gasteiger partial charge on any atom is 0.269 e. The summed E-state index contributed by atoms with van der Waals surface area (Å²) in [6.45, 7) is 3.96. The zero-order chi connectivity index (χ0) is 24.8. The summed E-state index contributed by atoms with van der Waals surface area (Å²) in [6, 6.07) is 8.30. The van der Waals surface area contributed by atoms with E-state index in [4.69, 9.17) is 9.47 Å². The van der Waals surface area contributed by atoms with E-state index in [2.05, 4.69) is 4.72 Å². The second-order valence-corrected chi connectivity index (χ2v) is 10.9. The van der Waals surface area contributed by atoms with Gasteiger partial charge in [-0.05, 0) is 55.2 Å². The fourth-order valence-corrected chi connectivity index (χ4v) is 4.31. The first kappa shape index (κ1) is 26.4. The van der Waals surface area contributed by atoms with Gasteiger partial charge in [0.15, 0.2) is 0 Å². The molecule has 2 rings (SSSR count). The van der Waals surface area contributed by atoms with Gasteiger partial charge in [0.05, 0.1) is 26.2 Å². The molecular formula is C23H29NO7S2. The van der Waals surface area contributed by atoms with Gasteiger partial charge in [-0.15, -0.1) is 0 Å². The van der Waals surface area contributed by atoms with E-state index in [1.54, 1.807) is 36.4 Å². The average Bonchev–Trinajstić information content (AvgIpc) is 2.69. The molecule has 10 heteroatoms.